The summed E-state index contributed by atoms with van der Waals surface area (Å²) < 4.78 is 5.76. The van der Waals surface area contributed by atoms with E-state index in [2.05, 4.69) is 28.7 Å². The van der Waals surface area contributed by atoms with Gasteiger partial charge in [0.15, 0.2) is 0 Å². The highest BCUT2D eigenvalue weighted by molar-refractivity contribution is 6.28. The first-order valence-corrected chi connectivity index (χ1v) is 6.89. The van der Waals surface area contributed by atoms with Crippen LogP contribution in [0.5, 0.6) is 5.88 Å². The lowest BCUT2D eigenvalue weighted by Gasteiger charge is -2.18. The molecule has 0 amide bonds. The highest BCUT2D eigenvalue weighted by atomic mass is 35.5. The third kappa shape index (κ3) is 3.55. The molecule has 4 nitrogen and oxygen atoms in total. The third-order valence-corrected chi connectivity index (χ3v) is 3.25. The first-order chi connectivity index (χ1) is 9.24. The summed E-state index contributed by atoms with van der Waals surface area (Å²) >= 11 is 5.91. The Kier molecular flexibility index (Phi) is 4.93. The Morgan fingerprint density at radius 1 is 1.16 bits per heavy atom. The highest BCUT2D eigenvalue weighted by Crippen LogP contribution is 2.23. The van der Waals surface area contributed by atoms with Gasteiger partial charge in [0, 0.05) is 6.54 Å². The number of likely N-dealkylation sites (N-methyl/N-ethyl adjacent to an activating group) is 1. The summed E-state index contributed by atoms with van der Waals surface area (Å²) in [6.45, 7) is 7.79. The molecule has 1 heterocycles. The summed E-state index contributed by atoms with van der Waals surface area (Å²) in [7, 11) is 0. The number of hydrogen-bond donors (Lipinski definition) is 0. The maximum atomic E-state index is 5.91. The number of benzene rings is 1. The van der Waals surface area contributed by atoms with Crippen LogP contribution in [0.25, 0.3) is 10.9 Å². The monoisotopic (exact) mass is 279 g/mol. The zero-order valence-corrected chi connectivity index (χ0v) is 12.0. The molecule has 0 fully saturated rings. The van der Waals surface area contributed by atoms with Gasteiger partial charge in [0.2, 0.25) is 11.2 Å². The van der Waals surface area contributed by atoms with Crippen LogP contribution in [-0.2, 0) is 0 Å². The lowest BCUT2D eigenvalue weighted by molar-refractivity contribution is 0.219. The van der Waals surface area contributed by atoms with Crippen molar-refractivity contribution in [2.75, 3.05) is 26.2 Å². The fourth-order valence-electron chi connectivity index (χ4n) is 1.94. The summed E-state index contributed by atoms with van der Waals surface area (Å²) in [4.78, 5) is 10.6. The second-order valence-corrected chi connectivity index (χ2v) is 4.53. The van der Waals surface area contributed by atoms with Crippen molar-refractivity contribution in [2.24, 2.45) is 0 Å². The molecule has 0 N–H and O–H groups in total. The minimum absolute atomic E-state index is 0.219. The highest BCUT2D eigenvalue weighted by Gasteiger charge is 2.08. The van der Waals surface area contributed by atoms with Gasteiger partial charge in [-0.15, -0.1) is 0 Å². The van der Waals surface area contributed by atoms with E-state index >= 15 is 0 Å². The molecule has 2 aromatic rings. The number of hydrogen-bond acceptors (Lipinski definition) is 4. The number of fused-ring (bicyclic) bond motifs is 1. The molecule has 1 aromatic carbocycles. The van der Waals surface area contributed by atoms with E-state index in [0.29, 0.717) is 12.5 Å². The molecule has 0 spiro atoms. The van der Waals surface area contributed by atoms with Crippen molar-refractivity contribution < 1.29 is 4.74 Å². The van der Waals surface area contributed by atoms with Gasteiger partial charge < -0.3 is 9.64 Å². The zero-order valence-electron chi connectivity index (χ0n) is 11.3. The molecule has 0 bridgehead atoms. The van der Waals surface area contributed by atoms with Gasteiger partial charge in [0.05, 0.1) is 10.9 Å². The van der Waals surface area contributed by atoms with Crippen LogP contribution in [0.2, 0.25) is 5.28 Å². The minimum atomic E-state index is 0.219. The van der Waals surface area contributed by atoms with Crippen LogP contribution < -0.4 is 4.74 Å². The summed E-state index contributed by atoms with van der Waals surface area (Å²) in [5.74, 6) is 0.558. The summed E-state index contributed by atoms with van der Waals surface area (Å²) in [6.07, 6.45) is 0. The second-order valence-electron chi connectivity index (χ2n) is 4.19. The zero-order chi connectivity index (χ0) is 13.7. The van der Waals surface area contributed by atoms with E-state index in [0.717, 1.165) is 30.5 Å². The molecular formula is C14H18ClN3O. The number of rotatable bonds is 6. The molecule has 0 radical (unpaired) electrons. The van der Waals surface area contributed by atoms with Crippen LogP contribution in [-0.4, -0.2) is 41.1 Å². The molecule has 102 valence electrons. The predicted octanol–water partition coefficient (Wildman–Crippen LogP) is 3.00. The number of halogens is 1. The Labute approximate surface area is 118 Å². The normalized spacial score (nSPS) is 11.2. The molecule has 5 heteroatoms. The quantitative estimate of drug-likeness (QED) is 0.762. The van der Waals surface area contributed by atoms with Crippen molar-refractivity contribution in [1.29, 1.82) is 0 Å². The molecule has 2 rings (SSSR count). The first kappa shape index (κ1) is 14.0. The Morgan fingerprint density at radius 3 is 2.63 bits per heavy atom. The van der Waals surface area contributed by atoms with E-state index in [4.69, 9.17) is 16.3 Å². The summed E-state index contributed by atoms with van der Waals surface area (Å²) in [5, 5.41) is 1.11. The molecule has 0 unspecified atom stereocenters. The number of para-hydroxylation sites is 1. The van der Waals surface area contributed by atoms with E-state index < -0.39 is 0 Å². The fourth-order valence-corrected chi connectivity index (χ4v) is 2.11. The smallest absolute Gasteiger partial charge is 0.226 e. The molecular weight excluding hydrogens is 262 g/mol. The SMILES string of the molecule is CCN(CC)CCOc1nc(Cl)nc2ccccc12. The van der Waals surface area contributed by atoms with Gasteiger partial charge in [-0.3, -0.25) is 0 Å². The molecule has 0 saturated carbocycles. The number of nitrogens with zero attached hydrogens (tertiary/aromatic N) is 3. The molecule has 0 aliphatic carbocycles. The Morgan fingerprint density at radius 2 is 1.89 bits per heavy atom. The van der Waals surface area contributed by atoms with E-state index in [1.807, 2.05) is 24.3 Å². The Balaban J connectivity index is 2.12. The lowest BCUT2D eigenvalue weighted by atomic mass is 10.2. The molecule has 0 aliphatic rings. The van der Waals surface area contributed by atoms with Crippen molar-refractivity contribution in [2.45, 2.75) is 13.8 Å². The summed E-state index contributed by atoms with van der Waals surface area (Å²) in [6, 6.07) is 7.71. The first-order valence-electron chi connectivity index (χ1n) is 6.52. The van der Waals surface area contributed by atoms with Gasteiger partial charge in [-0.05, 0) is 36.8 Å². The minimum Gasteiger partial charge on any atom is -0.476 e. The van der Waals surface area contributed by atoms with Crippen molar-refractivity contribution in [3.05, 3.63) is 29.5 Å². The van der Waals surface area contributed by atoms with Gasteiger partial charge in [0.25, 0.3) is 0 Å². The van der Waals surface area contributed by atoms with Crippen molar-refractivity contribution in [3.63, 3.8) is 0 Å². The molecule has 0 aliphatic heterocycles. The number of aromatic nitrogens is 2. The fraction of sp³-hybridized carbons (Fsp3) is 0.429. The van der Waals surface area contributed by atoms with E-state index in [9.17, 15) is 0 Å². The van der Waals surface area contributed by atoms with Gasteiger partial charge in [-0.2, -0.15) is 4.98 Å². The molecule has 19 heavy (non-hydrogen) atoms. The van der Waals surface area contributed by atoms with Gasteiger partial charge in [-0.25, -0.2) is 4.98 Å². The van der Waals surface area contributed by atoms with E-state index in [-0.39, 0.29) is 5.28 Å². The molecule has 0 saturated heterocycles. The average molecular weight is 280 g/mol. The molecule has 1 aromatic heterocycles. The van der Waals surface area contributed by atoms with Crippen LogP contribution in [0, 0.1) is 0 Å². The summed E-state index contributed by atoms with van der Waals surface area (Å²) in [5.41, 5.74) is 0.806. The Bertz CT molecular complexity index is 543. The number of ether oxygens (including phenoxy) is 1. The maximum absolute atomic E-state index is 5.91. The van der Waals surface area contributed by atoms with Crippen LogP contribution in [0.3, 0.4) is 0 Å². The van der Waals surface area contributed by atoms with E-state index in [1.54, 1.807) is 0 Å². The van der Waals surface area contributed by atoms with Crippen LogP contribution >= 0.6 is 11.6 Å². The second kappa shape index (κ2) is 6.68. The Hall–Kier alpha value is -1.39. The largest absolute Gasteiger partial charge is 0.476 e. The van der Waals surface area contributed by atoms with Gasteiger partial charge in [0.1, 0.15) is 6.61 Å². The van der Waals surface area contributed by atoms with Crippen LogP contribution in [0.15, 0.2) is 24.3 Å². The predicted molar refractivity (Wildman–Crippen MR) is 77.8 cm³/mol. The maximum Gasteiger partial charge on any atom is 0.226 e. The van der Waals surface area contributed by atoms with Gasteiger partial charge >= 0.3 is 0 Å². The van der Waals surface area contributed by atoms with Crippen LogP contribution in [0.1, 0.15) is 13.8 Å². The van der Waals surface area contributed by atoms with Crippen molar-refractivity contribution in [1.82, 2.24) is 14.9 Å². The van der Waals surface area contributed by atoms with Crippen molar-refractivity contribution >= 4 is 22.5 Å². The lowest BCUT2D eigenvalue weighted by Crippen LogP contribution is -2.28. The third-order valence-electron chi connectivity index (χ3n) is 3.08. The topological polar surface area (TPSA) is 38.2 Å². The average Bonchev–Trinajstić information content (AvgIpc) is 2.43. The van der Waals surface area contributed by atoms with Crippen LogP contribution in [0.4, 0.5) is 0 Å². The molecule has 0 atom stereocenters. The van der Waals surface area contributed by atoms with Crippen molar-refractivity contribution in [3.8, 4) is 5.88 Å². The van der Waals surface area contributed by atoms with E-state index in [1.165, 1.54) is 0 Å². The standard InChI is InChI=1S/C14H18ClN3O/c1-3-18(4-2)9-10-19-13-11-7-5-6-8-12(11)16-14(15)17-13/h5-8H,3-4,9-10H2,1-2H3. The van der Waals surface area contributed by atoms with Gasteiger partial charge in [-0.1, -0.05) is 26.0 Å².